The number of aryl methyl sites for hydroxylation is 1. The van der Waals surface area contributed by atoms with Crippen molar-refractivity contribution < 1.29 is 9.53 Å². The number of imidazole rings is 1. The van der Waals surface area contributed by atoms with E-state index in [0.717, 1.165) is 30.9 Å². The van der Waals surface area contributed by atoms with E-state index in [2.05, 4.69) is 17.2 Å². The number of likely N-dealkylation sites (N-methyl/N-ethyl adjacent to an activating group) is 1. The molecule has 3 aromatic rings. The molecule has 0 saturated carbocycles. The van der Waals surface area contributed by atoms with Gasteiger partial charge in [0.2, 0.25) is 0 Å². The molecule has 1 N–H and O–H groups in total. The molecule has 0 radical (unpaired) electrons. The number of halogens is 2. The fraction of sp³-hybridized carbons (Fsp3) is 0.333. The van der Waals surface area contributed by atoms with Gasteiger partial charge in [-0.3, -0.25) is 4.79 Å². The molecule has 1 unspecified atom stereocenters. The maximum atomic E-state index is 12.7. The molecule has 29 heavy (non-hydrogen) atoms. The van der Waals surface area contributed by atoms with Gasteiger partial charge in [0.15, 0.2) is 0 Å². The summed E-state index contributed by atoms with van der Waals surface area (Å²) in [5.74, 6) is 0.699. The second kappa shape index (κ2) is 9.96. The molecule has 1 amide bonds. The maximum absolute atomic E-state index is 12.7. The van der Waals surface area contributed by atoms with Gasteiger partial charge in [0, 0.05) is 37.6 Å². The van der Waals surface area contributed by atoms with Crippen LogP contribution in [0.5, 0.6) is 5.75 Å². The lowest BCUT2D eigenvalue weighted by Gasteiger charge is -2.24. The van der Waals surface area contributed by atoms with Gasteiger partial charge in [-0.2, -0.15) is 0 Å². The van der Waals surface area contributed by atoms with Crippen LogP contribution in [0.25, 0.3) is 5.65 Å². The highest BCUT2D eigenvalue weighted by atomic mass is 35.5. The molecule has 2 aromatic heterocycles. The lowest BCUT2D eigenvalue weighted by atomic mass is 10.1. The number of carbonyl (C=O) groups excluding carboxylic acids is 1. The first-order valence-electron chi connectivity index (χ1n) is 9.25. The molecule has 8 heteroatoms. The number of hydrogen-bond donors (Lipinski definition) is 1. The molecule has 1 aliphatic rings. The van der Waals surface area contributed by atoms with Crippen molar-refractivity contribution in [3.8, 4) is 5.75 Å². The minimum Gasteiger partial charge on any atom is -0.487 e. The molecular weight excluding hydrogens is 411 g/mol. The molecule has 6 nitrogen and oxygen atoms in total. The molecule has 1 fully saturated rings. The summed E-state index contributed by atoms with van der Waals surface area (Å²) in [6.45, 7) is 4.23. The van der Waals surface area contributed by atoms with Crippen molar-refractivity contribution in [2.75, 3.05) is 20.1 Å². The number of benzene rings is 1. The minimum absolute atomic E-state index is 0. The van der Waals surface area contributed by atoms with Gasteiger partial charge in [0.25, 0.3) is 5.91 Å². The van der Waals surface area contributed by atoms with E-state index in [1.807, 2.05) is 59.1 Å². The number of pyridine rings is 1. The van der Waals surface area contributed by atoms with Crippen molar-refractivity contribution in [2.24, 2.45) is 0 Å². The number of fused-ring (bicyclic) bond motifs is 1. The molecule has 1 atom stereocenters. The van der Waals surface area contributed by atoms with Crippen molar-refractivity contribution >= 4 is 36.4 Å². The van der Waals surface area contributed by atoms with Crippen LogP contribution in [0, 0.1) is 6.92 Å². The molecule has 0 bridgehead atoms. The van der Waals surface area contributed by atoms with Crippen LogP contribution < -0.4 is 10.1 Å². The van der Waals surface area contributed by atoms with Gasteiger partial charge in [-0.15, -0.1) is 24.8 Å². The van der Waals surface area contributed by atoms with Gasteiger partial charge in [-0.25, -0.2) is 4.98 Å². The minimum atomic E-state index is 0. The van der Waals surface area contributed by atoms with E-state index in [4.69, 9.17) is 4.74 Å². The van der Waals surface area contributed by atoms with Gasteiger partial charge in [0.1, 0.15) is 18.0 Å². The summed E-state index contributed by atoms with van der Waals surface area (Å²) in [7, 11) is 1.87. The molecule has 1 aliphatic heterocycles. The zero-order valence-corrected chi connectivity index (χ0v) is 18.1. The van der Waals surface area contributed by atoms with Crippen LogP contribution in [0.2, 0.25) is 0 Å². The van der Waals surface area contributed by atoms with Gasteiger partial charge in [-0.1, -0.05) is 12.1 Å². The molecular formula is C21H26Cl2N4O2. The first-order valence-corrected chi connectivity index (χ1v) is 9.25. The lowest BCUT2D eigenvalue weighted by molar-refractivity contribution is 0.0743. The zero-order chi connectivity index (χ0) is 18.8. The first kappa shape index (κ1) is 23.0. The third kappa shape index (κ3) is 5.21. The van der Waals surface area contributed by atoms with E-state index >= 15 is 0 Å². The van der Waals surface area contributed by atoms with Crippen LogP contribution in [0.1, 0.15) is 28.0 Å². The van der Waals surface area contributed by atoms with Gasteiger partial charge >= 0.3 is 0 Å². The monoisotopic (exact) mass is 436 g/mol. The number of amides is 1. The number of aromatic nitrogens is 2. The number of carbonyl (C=O) groups is 1. The Morgan fingerprint density at radius 2 is 2.10 bits per heavy atom. The summed E-state index contributed by atoms with van der Waals surface area (Å²) in [4.78, 5) is 19.1. The fourth-order valence-electron chi connectivity index (χ4n) is 3.44. The highest BCUT2D eigenvalue weighted by Crippen LogP contribution is 2.18. The predicted molar refractivity (Wildman–Crippen MR) is 119 cm³/mol. The SMILES string of the molecule is Cc1ccc2nc(COc3cccc(C(=O)N(C)C4CCNC4)c3)cn2c1.Cl.Cl. The topological polar surface area (TPSA) is 58.9 Å². The predicted octanol–water partition coefficient (Wildman–Crippen LogP) is 3.50. The third-order valence-electron chi connectivity index (χ3n) is 5.02. The largest absolute Gasteiger partial charge is 0.487 e. The Kier molecular flexibility index (Phi) is 7.90. The van der Waals surface area contributed by atoms with Gasteiger partial charge in [0.05, 0.1) is 5.69 Å². The van der Waals surface area contributed by atoms with E-state index in [9.17, 15) is 4.79 Å². The molecule has 0 aliphatic carbocycles. The van der Waals surface area contributed by atoms with Crippen molar-refractivity contribution in [2.45, 2.75) is 26.0 Å². The average molecular weight is 437 g/mol. The second-order valence-corrected chi connectivity index (χ2v) is 7.08. The van der Waals surface area contributed by atoms with Crippen LogP contribution in [-0.2, 0) is 6.61 Å². The standard InChI is InChI=1S/C21H24N4O2.2ClH/c1-15-6-7-20-23-17(13-25(20)12-15)14-27-19-5-3-4-16(10-19)21(26)24(2)18-8-9-22-11-18;;/h3-7,10,12-13,18,22H,8-9,11,14H2,1-2H3;2*1H. The Hall–Kier alpha value is -2.28. The average Bonchev–Trinajstić information content (AvgIpc) is 3.34. The van der Waals surface area contributed by atoms with Crippen molar-refractivity contribution in [1.29, 1.82) is 0 Å². The molecule has 1 saturated heterocycles. The summed E-state index contributed by atoms with van der Waals surface area (Å²) in [6.07, 6.45) is 5.00. The van der Waals surface area contributed by atoms with Crippen molar-refractivity contribution in [1.82, 2.24) is 19.6 Å². The third-order valence-corrected chi connectivity index (χ3v) is 5.02. The zero-order valence-electron chi connectivity index (χ0n) is 16.5. The number of ether oxygens (including phenoxy) is 1. The summed E-state index contributed by atoms with van der Waals surface area (Å²) in [5.41, 5.74) is 3.58. The van der Waals surface area contributed by atoms with E-state index < -0.39 is 0 Å². The molecule has 0 spiro atoms. The van der Waals surface area contributed by atoms with Gasteiger partial charge < -0.3 is 19.4 Å². The molecule has 4 rings (SSSR count). The summed E-state index contributed by atoms with van der Waals surface area (Å²) >= 11 is 0. The van der Waals surface area contributed by atoms with Crippen molar-refractivity contribution in [3.63, 3.8) is 0 Å². The maximum Gasteiger partial charge on any atom is 0.254 e. The Balaban J connectivity index is 0.00000150. The van der Waals surface area contributed by atoms with Crippen LogP contribution in [-0.4, -0.2) is 46.4 Å². The summed E-state index contributed by atoms with van der Waals surface area (Å²) < 4.78 is 7.89. The lowest BCUT2D eigenvalue weighted by Crippen LogP contribution is -2.38. The normalized spacial score (nSPS) is 15.4. The van der Waals surface area contributed by atoms with E-state index in [0.29, 0.717) is 17.9 Å². The number of nitrogens with zero attached hydrogens (tertiary/aromatic N) is 3. The van der Waals surface area contributed by atoms with Crippen LogP contribution in [0.15, 0.2) is 48.8 Å². The Morgan fingerprint density at radius 1 is 1.28 bits per heavy atom. The van der Waals surface area contributed by atoms with E-state index in [-0.39, 0.29) is 36.8 Å². The molecule has 1 aromatic carbocycles. The van der Waals surface area contributed by atoms with E-state index in [1.54, 1.807) is 6.07 Å². The Bertz CT molecular complexity index is 970. The van der Waals surface area contributed by atoms with Crippen LogP contribution in [0.3, 0.4) is 0 Å². The highest BCUT2D eigenvalue weighted by Gasteiger charge is 2.24. The molecule has 3 heterocycles. The Morgan fingerprint density at radius 3 is 2.86 bits per heavy atom. The first-order chi connectivity index (χ1) is 13.1. The second-order valence-electron chi connectivity index (χ2n) is 7.08. The van der Waals surface area contributed by atoms with Crippen LogP contribution >= 0.6 is 24.8 Å². The number of hydrogen-bond acceptors (Lipinski definition) is 4. The summed E-state index contributed by atoms with van der Waals surface area (Å²) in [6, 6.07) is 11.7. The highest BCUT2D eigenvalue weighted by molar-refractivity contribution is 5.94. The van der Waals surface area contributed by atoms with Gasteiger partial charge in [-0.05, 0) is 49.7 Å². The fourth-order valence-corrected chi connectivity index (χ4v) is 3.44. The molecule has 156 valence electrons. The quantitative estimate of drug-likeness (QED) is 0.664. The number of nitrogens with one attached hydrogen (secondary N) is 1. The smallest absolute Gasteiger partial charge is 0.254 e. The van der Waals surface area contributed by atoms with Crippen LogP contribution in [0.4, 0.5) is 0 Å². The Labute approximate surface area is 183 Å². The van der Waals surface area contributed by atoms with E-state index in [1.165, 1.54) is 5.56 Å². The summed E-state index contributed by atoms with van der Waals surface area (Å²) in [5, 5.41) is 3.30. The van der Waals surface area contributed by atoms with Crippen molar-refractivity contribution in [3.05, 3.63) is 65.6 Å². The number of rotatable bonds is 5.